The number of halogens is 1. The minimum absolute atomic E-state index is 0.346. The number of carbonyl (C=O) groups is 2. The van der Waals surface area contributed by atoms with Crippen LogP contribution in [0.5, 0.6) is 0 Å². The minimum Gasteiger partial charge on any atom is -0.331 e. The molecule has 0 spiro atoms. The zero-order valence-electron chi connectivity index (χ0n) is 7.64. The molecule has 1 N–H and O–H groups in total. The van der Waals surface area contributed by atoms with E-state index in [9.17, 15) is 9.59 Å². The van der Waals surface area contributed by atoms with Gasteiger partial charge in [0.1, 0.15) is 0 Å². The maximum absolute atomic E-state index is 11.2. The van der Waals surface area contributed by atoms with Crippen molar-refractivity contribution in [2.45, 2.75) is 18.2 Å². The maximum atomic E-state index is 11.2. The van der Waals surface area contributed by atoms with Gasteiger partial charge >= 0.3 is 6.03 Å². The molecule has 0 fully saturated rings. The van der Waals surface area contributed by atoms with Crippen molar-refractivity contribution < 1.29 is 9.59 Å². The summed E-state index contributed by atoms with van der Waals surface area (Å²) in [5.41, 5.74) is 0. The maximum Gasteiger partial charge on any atom is 0.323 e. The van der Waals surface area contributed by atoms with Crippen molar-refractivity contribution in [3.05, 3.63) is 0 Å². The van der Waals surface area contributed by atoms with Gasteiger partial charge in [-0.3, -0.25) is 10.1 Å². The lowest BCUT2D eigenvalue weighted by molar-refractivity contribution is -0.121. The quantitative estimate of drug-likeness (QED) is 0.690. The fourth-order valence-electron chi connectivity index (χ4n) is 0.358. The third kappa shape index (κ3) is 3.71. The molecular weight excluding hydrogens is 224 g/mol. The van der Waals surface area contributed by atoms with E-state index in [-0.39, 0.29) is 5.91 Å². The number of amides is 3. The van der Waals surface area contributed by atoms with E-state index in [1.165, 1.54) is 4.90 Å². The zero-order chi connectivity index (χ0) is 9.94. The Labute approximate surface area is 80.4 Å². The molecule has 0 rings (SSSR count). The van der Waals surface area contributed by atoms with Crippen LogP contribution in [0.25, 0.3) is 0 Å². The molecule has 0 aromatic rings. The molecule has 0 aromatic carbocycles. The lowest BCUT2D eigenvalue weighted by Crippen LogP contribution is -2.45. The molecule has 12 heavy (non-hydrogen) atoms. The Bertz CT molecular complexity index is 196. The van der Waals surface area contributed by atoms with Crippen LogP contribution in [0.3, 0.4) is 0 Å². The molecule has 4 nitrogen and oxygen atoms in total. The molecule has 0 saturated heterocycles. The fraction of sp³-hybridized carbons (Fsp3) is 0.714. The Morgan fingerprint density at radius 2 is 1.75 bits per heavy atom. The number of imide groups is 1. The van der Waals surface area contributed by atoms with E-state index in [4.69, 9.17) is 0 Å². The first kappa shape index (κ1) is 11.4. The van der Waals surface area contributed by atoms with Crippen molar-refractivity contribution in [3.8, 4) is 0 Å². The van der Waals surface area contributed by atoms with Crippen LogP contribution in [-0.2, 0) is 4.79 Å². The molecule has 0 saturated carbocycles. The molecule has 0 aliphatic rings. The average molecular weight is 237 g/mol. The molecular formula is C7H13BrN2O2. The molecule has 5 heteroatoms. The van der Waals surface area contributed by atoms with Gasteiger partial charge < -0.3 is 4.90 Å². The van der Waals surface area contributed by atoms with Gasteiger partial charge in [0.15, 0.2) is 0 Å². The van der Waals surface area contributed by atoms with Gasteiger partial charge in [-0.2, -0.15) is 0 Å². The van der Waals surface area contributed by atoms with Gasteiger partial charge in [-0.05, 0) is 13.8 Å². The average Bonchev–Trinajstić information content (AvgIpc) is 1.85. The fourth-order valence-corrected chi connectivity index (χ4v) is 0.457. The summed E-state index contributed by atoms with van der Waals surface area (Å²) in [4.78, 5) is 23.4. The Hall–Kier alpha value is -0.580. The van der Waals surface area contributed by atoms with Crippen molar-refractivity contribution in [1.29, 1.82) is 0 Å². The number of alkyl halides is 1. The molecule has 0 radical (unpaired) electrons. The predicted molar refractivity (Wildman–Crippen MR) is 50.2 cm³/mol. The van der Waals surface area contributed by atoms with E-state index >= 15 is 0 Å². The van der Waals surface area contributed by atoms with Crippen LogP contribution in [0, 0.1) is 0 Å². The lowest BCUT2D eigenvalue weighted by Gasteiger charge is -2.17. The largest absolute Gasteiger partial charge is 0.331 e. The Morgan fingerprint density at radius 3 is 2.00 bits per heavy atom. The first-order valence-corrected chi connectivity index (χ1v) is 4.26. The highest BCUT2D eigenvalue weighted by Crippen LogP contribution is 2.15. The highest BCUT2D eigenvalue weighted by molar-refractivity contribution is 9.10. The summed E-state index contributed by atoms with van der Waals surface area (Å²) in [6.45, 7) is 3.34. The molecule has 0 atom stereocenters. The number of hydrogen-bond donors (Lipinski definition) is 1. The number of rotatable bonds is 1. The van der Waals surface area contributed by atoms with Gasteiger partial charge in [0, 0.05) is 14.1 Å². The van der Waals surface area contributed by atoms with Crippen LogP contribution in [-0.4, -0.2) is 35.3 Å². The molecule has 0 aromatic heterocycles. The Morgan fingerprint density at radius 1 is 1.33 bits per heavy atom. The smallest absolute Gasteiger partial charge is 0.323 e. The number of nitrogens with zero attached hydrogens (tertiary/aromatic N) is 1. The monoisotopic (exact) mass is 236 g/mol. The van der Waals surface area contributed by atoms with Crippen LogP contribution in [0.15, 0.2) is 0 Å². The van der Waals surface area contributed by atoms with E-state index in [0.717, 1.165) is 0 Å². The zero-order valence-corrected chi connectivity index (χ0v) is 9.23. The van der Waals surface area contributed by atoms with E-state index in [1.807, 2.05) is 0 Å². The third-order valence-corrected chi connectivity index (χ3v) is 1.53. The van der Waals surface area contributed by atoms with Crippen molar-refractivity contribution in [3.63, 3.8) is 0 Å². The predicted octanol–water partition coefficient (Wildman–Crippen LogP) is 0.958. The summed E-state index contributed by atoms with van der Waals surface area (Å²) in [6, 6.07) is -0.410. The first-order valence-electron chi connectivity index (χ1n) is 3.47. The van der Waals surface area contributed by atoms with Gasteiger partial charge in [-0.25, -0.2) is 4.79 Å². The van der Waals surface area contributed by atoms with Crippen LogP contribution < -0.4 is 5.32 Å². The minimum atomic E-state index is -0.710. The van der Waals surface area contributed by atoms with Gasteiger partial charge in [-0.1, -0.05) is 15.9 Å². The van der Waals surface area contributed by atoms with Crippen LogP contribution in [0.4, 0.5) is 4.79 Å². The van der Waals surface area contributed by atoms with Crippen LogP contribution in [0.1, 0.15) is 13.8 Å². The topological polar surface area (TPSA) is 49.4 Å². The summed E-state index contributed by atoms with van der Waals surface area (Å²) in [7, 11) is 3.15. The molecule has 3 amide bonds. The summed E-state index contributed by atoms with van der Waals surface area (Å²) in [5, 5.41) is 2.22. The lowest BCUT2D eigenvalue weighted by atomic mass is 10.2. The SMILES string of the molecule is CN(C)C(=O)NC(=O)C(C)(C)Br. The summed E-state index contributed by atoms with van der Waals surface area (Å²) < 4.78 is -0.710. The van der Waals surface area contributed by atoms with Gasteiger partial charge in [0.05, 0.1) is 4.32 Å². The molecule has 0 unspecified atom stereocenters. The molecule has 0 bridgehead atoms. The van der Waals surface area contributed by atoms with Gasteiger partial charge in [0.25, 0.3) is 0 Å². The van der Waals surface area contributed by atoms with Crippen LogP contribution in [0.2, 0.25) is 0 Å². The first-order chi connectivity index (χ1) is 5.25. The second kappa shape index (κ2) is 3.89. The highest BCUT2D eigenvalue weighted by Gasteiger charge is 2.25. The Kier molecular flexibility index (Phi) is 3.70. The number of urea groups is 1. The third-order valence-electron chi connectivity index (χ3n) is 1.17. The van der Waals surface area contributed by atoms with Crippen molar-refractivity contribution in [2.24, 2.45) is 0 Å². The summed E-state index contributed by atoms with van der Waals surface area (Å²) in [5.74, 6) is -0.346. The second-order valence-corrected chi connectivity index (χ2v) is 5.11. The van der Waals surface area contributed by atoms with Crippen molar-refractivity contribution >= 4 is 27.9 Å². The standard InChI is InChI=1S/C7H13BrN2O2/c1-7(2,8)5(11)9-6(12)10(3)4/h1-4H3,(H,9,11,12). The molecule has 0 aliphatic heterocycles. The van der Waals surface area contributed by atoms with E-state index in [0.29, 0.717) is 0 Å². The molecule has 0 heterocycles. The number of nitrogens with one attached hydrogen (secondary N) is 1. The highest BCUT2D eigenvalue weighted by atomic mass is 79.9. The van der Waals surface area contributed by atoms with Gasteiger partial charge in [-0.15, -0.1) is 0 Å². The van der Waals surface area contributed by atoms with Crippen LogP contribution >= 0.6 is 15.9 Å². The van der Waals surface area contributed by atoms with E-state index in [2.05, 4.69) is 21.2 Å². The van der Waals surface area contributed by atoms with Crippen molar-refractivity contribution in [1.82, 2.24) is 10.2 Å². The summed E-state index contributed by atoms with van der Waals surface area (Å²) in [6.07, 6.45) is 0. The molecule has 0 aliphatic carbocycles. The molecule has 70 valence electrons. The number of carbonyl (C=O) groups excluding carboxylic acids is 2. The summed E-state index contributed by atoms with van der Waals surface area (Å²) >= 11 is 3.14. The normalized spacial score (nSPS) is 10.8. The van der Waals surface area contributed by atoms with Crippen molar-refractivity contribution in [2.75, 3.05) is 14.1 Å². The second-order valence-electron chi connectivity index (χ2n) is 3.13. The Balaban J connectivity index is 4.12. The van der Waals surface area contributed by atoms with Gasteiger partial charge in [0.2, 0.25) is 5.91 Å². The van der Waals surface area contributed by atoms with E-state index < -0.39 is 10.4 Å². The van der Waals surface area contributed by atoms with E-state index in [1.54, 1.807) is 27.9 Å². The number of hydrogen-bond acceptors (Lipinski definition) is 2.